The minimum Gasteiger partial charge on any atom is -0.345 e. The van der Waals surface area contributed by atoms with Crippen molar-refractivity contribution in [3.05, 3.63) is 23.1 Å². The summed E-state index contributed by atoms with van der Waals surface area (Å²) in [6.07, 6.45) is 4.75. The van der Waals surface area contributed by atoms with Crippen molar-refractivity contribution in [3.8, 4) is 11.6 Å². The van der Waals surface area contributed by atoms with Gasteiger partial charge in [-0.3, -0.25) is 0 Å². The van der Waals surface area contributed by atoms with E-state index in [9.17, 15) is 0 Å². The van der Waals surface area contributed by atoms with E-state index in [1.54, 1.807) is 12.3 Å². The van der Waals surface area contributed by atoms with Crippen LogP contribution >= 0.6 is 24.0 Å². The molecule has 0 spiro atoms. The summed E-state index contributed by atoms with van der Waals surface area (Å²) in [5.74, 6) is 1.06. The quantitative estimate of drug-likeness (QED) is 0.922. The van der Waals surface area contributed by atoms with Crippen molar-refractivity contribution in [2.45, 2.75) is 24.8 Å². The molecule has 5 nitrogen and oxygen atoms in total. The van der Waals surface area contributed by atoms with E-state index in [2.05, 4.69) is 10.1 Å². The van der Waals surface area contributed by atoms with Crippen LogP contribution in [0.1, 0.15) is 25.1 Å². The highest BCUT2D eigenvalue weighted by atomic mass is 35.5. The smallest absolute Gasteiger partial charge is 0.274 e. The van der Waals surface area contributed by atoms with Crippen LogP contribution in [0, 0.1) is 0 Å². The number of nitrogens with two attached hydrogens (primary N) is 1. The molecular formula is C11H14Cl2N4O. The minimum absolute atomic E-state index is 0. The van der Waals surface area contributed by atoms with Gasteiger partial charge in [0.05, 0.1) is 10.6 Å². The molecule has 2 aromatic rings. The van der Waals surface area contributed by atoms with Crippen LogP contribution in [0.15, 0.2) is 16.8 Å². The number of rotatable bonds is 2. The zero-order valence-corrected chi connectivity index (χ0v) is 11.5. The number of aryl methyl sites for hydroxylation is 1. The monoisotopic (exact) mass is 288 g/mol. The molecule has 3 rings (SSSR count). The van der Waals surface area contributed by atoms with Crippen LogP contribution in [0.4, 0.5) is 0 Å². The first-order valence-electron chi connectivity index (χ1n) is 5.54. The van der Waals surface area contributed by atoms with Crippen molar-refractivity contribution in [3.63, 3.8) is 0 Å². The molecule has 1 aliphatic carbocycles. The molecule has 1 aliphatic rings. The van der Waals surface area contributed by atoms with Gasteiger partial charge in [-0.25, -0.2) is 0 Å². The molecule has 2 heterocycles. The van der Waals surface area contributed by atoms with E-state index in [-0.39, 0.29) is 12.4 Å². The van der Waals surface area contributed by atoms with Gasteiger partial charge >= 0.3 is 0 Å². The van der Waals surface area contributed by atoms with Crippen LogP contribution in [0.5, 0.6) is 0 Å². The van der Waals surface area contributed by atoms with Crippen LogP contribution in [0.2, 0.25) is 5.02 Å². The lowest BCUT2D eigenvalue weighted by atomic mass is 9.77. The molecular weight excluding hydrogens is 275 g/mol. The molecule has 7 heteroatoms. The Hall–Kier alpha value is -1.04. The maximum absolute atomic E-state index is 6.14. The average Bonchev–Trinajstić information content (AvgIpc) is 2.81. The number of halogens is 2. The Labute approximate surface area is 116 Å². The van der Waals surface area contributed by atoms with Gasteiger partial charge in [-0.2, -0.15) is 4.98 Å². The lowest BCUT2D eigenvalue weighted by Gasteiger charge is -2.34. The van der Waals surface area contributed by atoms with Crippen LogP contribution in [-0.2, 0) is 12.6 Å². The summed E-state index contributed by atoms with van der Waals surface area (Å²) >= 11 is 5.92. The van der Waals surface area contributed by atoms with Crippen LogP contribution in [0.3, 0.4) is 0 Å². The summed E-state index contributed by atoms with van der Waals surface area (Å²) in [6.45, 7) is 0. The molecule has 2 aromatic heterocycles. The molecule has 0 saturated heterocycles. The topological polar surface area (TPSA) is 69.9 Å². The second kappa shape index (κ2) is 4.57. The van der Waals surface area contributed by atoms with Crippen LogP contribution in [-0.4, -0.2) is 14.7 Å². The Bertz CT molecular complexity index is 559. The fourth-order valence-corrected chi connectivity index (χ4v) is 2.30. The van der Waals surface area contributed by atoms with Gasteiger partial charge in [-0.1, -0.05) is 16.8 Å². The van der Waals surface area contributed by atoms with E-state index in [1.807, 2.05) is 11.6 Å². The Morgan fingerprint density at radius 3 is 2.72 bits per heavy atom. The molecule has 0 amide bonds. The van der Waals surface area contributed by atoms with E-state index in [1.165, 1.54) is 0 Å². The molecule has 0 aromatic carbocycles. The molecule has 1 saturated carbocycles. The number of hydrogen-bond acceptors (Lipinski definition) is 4. The van der Waals surface area contributed by atoms with Gasteiger partial charge in [-0.05, 0) is 25.3 Å². The number of hydrogen-bond donors (Lipinski definition) is 1. The summed E-state index contributed by atoms with van der Waals surface area (Å²) in [5, 5.41) is 4.62. The molecule has 0 atom stereocenters. The summed E-state index contributed by atoms with van der Waals surface area (Å²) in [5.41, 5.74) is 6.55. The third kappa shape index (κ3) is 2.02. The number of nitrogens with zero attached hydrogens (tertiary/aromatic N) is 3. The first-order chi connectivity index (χ1) is 8.08. The highest BCUT2D eigenvalue weighted by Crippen LogP contribution is 2.37. The Balaban J connectivity index is 0.00000120. The third-order valence-electron chi connectivity index (χ3n) is 3.31. The summed E-state index contributed by atoms with van der Waals surface area (Å²) in [4.78, 5) is 4.37. The van der Waals surface area contributed by atoms with E-state index in [0.717, 1.165) is 25.0 Å². The Morgan fingerprint density at radius 2 is 2.22 bits per heavy atom. The van der Waals surface area contributed by atoms with Crippen molar-refractivity contribution < 1.29 is 4.52 Å². The molecule has 0 radical (unpaired) electrons. The molecule has 0 aliphatic heterocycles. The van der Waals surface area contributed by atoms with Crippen LogP contribution in [0.25, 0.3) is 11.6 Å². The second-order valence-corrected chi connectivity index (χ2v) is 5.02. The van der Waals surface area contributed by atoms with Gasteiger partial charge in [-0.15, -0.1) is 12.4 Å². The van der Waals surface area contributed by atoms with Gasteiger partial charge in [0.1, 0.15) is 5.69 Å². The van der Waals surface area contributed by atoms with Gasteiger partial charge < -0.3 is 14.8 Å². The Morgan fingerprint density at radius 1 is 1.50 bits per heavy atom. The van der Waals surface area contributed by atoms with Crippen molar-refractivity contribution in [2.75, 3.05) is 0 Å². The predicted molar refractivity (Wildman–Crippen MR) is 70.7 cm³/mol. The second-order valence-electron chi connectivity index (χ2n) is 4.59. The maximum atomic E-state index is 6.14. The fourth-order valence-electron chi connectivity index (χ4n) is 2.05. The standard InChI is InChI=1S/C11H13ClN4O.ClH/c1-16-6-7(12)5-8(16)9-14-10(15-17-9)11(13)3-2-4-11;/h5-6H,2-4,13H2,1H3;1H. The molecule has 2 N–H and O–H groups in total. The average molecular weight is 289 g/mol. The maximum Gasteiger partial charge on any atom is 0.274 e. The zero-order valence-electron chi connectivity index (χ0n) is 9.89. The largest absolute Gasteiger partial charge is 0.345 e. The van der Waals surface area contributed by atoms with E-state index in [0.29, 0.717) is 16.7 Å². The SMILES string of the molecule is Cl.Cn1cc(Cl)cc1-c1nc(C2(N)CCC2)no1. The molecule has 1 fully saturated rings. The first-order valence-corrected chi connectivity index (χ1v) is 5.92. The third-order valence-corrected chi connectivity index (χ3v) is 3.51. The first kappa shape index (κ1) is 13.4. The molecule has 98 valence electrons. The molecule has 0 unspecified atom stereocenters. The highest BCUT2D eigenvalue weighted by molar-refractivity contribution is 6.30. The Kier molecular flexibility index (Phi) is 3.40. The lowest BCUT2D eigenvalue weighted by molar-refractivity contribution is 0.229. The summed E-state index contributed by atoms with van der Waals surface area (Å²) < 4.78 is 7.10. The lowest BCUT2D eigenvalue weighted by Crippen LogP contribution is -2.44. The summed E-state index contributed by atoms with van der Waals surface area (Å²) in [7, 11) is 1.88. The van der Waals surface area contributed by atoms with Crippen molar-refractivity contribution in [1.82, 2.24) is 14.7 Å². The highest BCUT2D eigenvalue weighted by Gasteiger charge is 2.39. The van der Waals surface area contributed by atoms with Crippen molar-refractivity contribution >= 4 is 24.0 Å². The molecule has 18 heavy (non-hydrogen) atoms. The van der Waals surface area contributed by atoms with Gasteiger partial charge in [0.15, 0.2) is 5.82 Å². The fraction of sp³-hybridized carbons (Fsp3) is 0.455. The predicted octanol–water partition coefficient (Wildman–Crippen LogP) is 2.49. The van der Waals surface area contributed by atoms with Crippen molar-refractivity contribution in [2.24, 2.45) is 12.8 Å². The van der Waals surface area contributed by atoms with Gasteiger partial charge in [0, 0.05) is 13.2 Å². The van der Waals surface area contributed by atoms with Crippen LogP contribution < -0.4 is 5.73 Å². The van der Waals surface area contributed by atoms with Gasteiger partial charge in [0.25, 0.3) is 5.89 Å². The zero-order chi connectivity index (χ0) is 12.0. The van der Waals surface area contributed by atoms with E-state index >= 15 is 0 Å². The van der Waals surface area contributed by atoms with E-state index < -0.39 is 5.54 Å². The van der Waals surface area contributed by atoms with E-state index in [4.69, 9.17) is 21.9 Å². The minimum atomic E-state index is -0.392. The van der Waals surface area contributed by atoms with Crippen molar-refractivity contribution in [1.29, 1.82) is 0 Å². The summed E-state index contributed by atoms with van der Waals surface area (Å²) in [6, 6.07) is 1.79. The molecule has 0 bridgehead atoms. The normalized spacial score (nSPS) is 17.1. The van der Waals surface area contributed by atoms with Gasteiger partial charge in [0.2, 0.25) is 0 Å². The number of aromatic nitrogens is 3.